The molecular formula is C19H24FN3O4S. The number of aromatic nitrogens is 2. The molecule has 1 aliphatic rings. The van der Waals surface area contributed by atoms with Crippen molar-refractivity contribution in [1.29, 1.82) is 0 Å². The predicted octanol–water partition coefficient (Wildman–Crippen LogP) is 2.78. The van der Waals surface area contributed by atoms with Gasteiger partial charge >= 0.3 is 0 Å². The van der Waals surface area contributed by atoms with Gasteiger partial charge in [0.2, 0.25) is 5.91 Å². The molecule has 2 heterocycles. The van der Waals surface area contributed by atoms with Crippen molar-refractivity contribution in [2.45, 2.75) is 45.4 Å². The number of Topliss-reactive ketones (excluding diaryl/α,β-unsaturated/α-hetero) is 1. The van der Waals surface area contributed by atoms with E-state index in [-0.39, 0.29) is 40.9 Å². The third kappa shape index (κ3) is 4.57. The molecule has 152 valence electrons. The number of carbonyl (C=O) groups excluding carboxylic acids is 2. The molecule has 0 unspecified atom stereocenters. The number of anilines is 1. The first kappa shape index (κ1) is 20.4. The summed E-state index contributed by atoms with van der Waals surface area (Å²) in [5, 5.41) is 2.72. The maximum Gasteiger partial charge on any atom is 0.227 e. The topological polar surface area (TPSA) is 97.6 Å². The smallest absolute Gasteiger partial charge is 0.227 e. The lowest BCUT2D eigenvalue weighted by atomic mass is 9.88. The van der Waals surface area contributed by atoms with E-state index >= 15 is 0 Å². The van der Waals surface area contributed by atoms with Gasteiger partial charge in [0.05, 0.1) is 22.7 Å². The monoisotopic (exact) mass is 409 g/mol. The number of pyridine rings is 1. The third-order valence-electron chi connectivity index (χ3n) is 5.05. The fourth-order valence-electron chi connectivity index (χ4n) is 3.59. The van der Waals surface area contributed by atoms with Crippen LogP contribution in [-0.2, 0) is 21.1 Å². The molecule has 28 heavy (non-hydrogen) atoms. The maximum absolute atomic E-state index is 15.0. The van der Waals surface area contributed by atoms with Gasteiger partial charge in [-0.2, -0.15) is 0 Å². The molecule has 0 saturated heterocycles. The first-order valence-corrected chi connectivity index (χ1v) is 11.4. The molecular weight excluding hydrogens is 385 g/mol. The van der Waals surface area contributed by atoms with E-state index < -0.39 is 21.4 Å². The number of hydrogen-bond donors (Lipinski definition) is 1. The molecule has 1 aliphatic carbocycles. The fourth-order valence-corrected chi connectivity index (χ4v) is 4.17. The molecule has 0 atom stereocenters. The number of nitrogens with one attached hydrogen (secondary N) is 1. The van der Waals surface area contributed by atoms with Crippen LogP contribution in [0.4, 0.5) is 10.1 Å². The minimum absolute atomic E-state index is 0.0654. The molecule has 1 saturated carbocycles. The summed E-state index contributed by atoms with van der Waals surface area (Å²) >= 11 is 0. The summed E-state index contributed by atoms with van der Waals surface area (Å²) in [5.41, 5.74) is 0.232. The van der Waals surface area contributed by atoms with Crippen molar-refractivity contribution in [3.63, 3.8) is 0 Å². The first-order chi connectivity index (χ1) is 13.2. The average molecular weight is 409 g/mol. The van der Waals surface area contributed by atoms with Crippen LogP contribution >= 0.6 is 0 Å². The Bertz CT molecular complexity index is 1020. The second kappa shape index (κ2) is 7.98. The van der Waals surface area contributed by atoms with E-state index in [1.54, 1.807) is 0 Å². The van der Waals surface area contributed by atoms with Crippen molar-refractivity contribution in [2.75, 3.05) is 17.3 Å². The van der Waals surface area contributed by atoms with Crippen molar-refractivity contribution in [3.05, 3.63) is 29.5 Å². The second-order valence-corrected chi connectivity index (χ2v) is 9.71. The number of aryl methyl sites for hydroxylation is 1. The lowest BCUT2D eigenvalue weighted by Crippen LogP contribution is -2.26. The molecule has 0 radical (unpaired) electrons. The van der Waals surface area contributed by atoms with E-state index in [4.69, 9.17) is 0 Å². The highest BCUT2D eigenvalue weighted by atomic mass is 32.2. The Kier molecular flexibility index (Phi) is 5.83. The normalized spacial score (nSPS) is 15.7. The number of halogens is 1. The Labute approximate surface area is 163 Å². The molecule has 1 N–H and O–H groups in total. The molecule has 2 aromatic rings. The molecule has 2 aromatic heterocycles. The number of fused-ring (bicyclic) bond motifs is 1. The summed E-state index contributed by atoms with van der Waals surface area (Å²) in [6.07, 6.45) is 8.88. The fraction of sp³-hybridized carbons (Fsp3) is 0.526. The van der Waals surface area contributed by atoms with E-state index in [1.165, 1.54) is 23.7 Å². The van der Waals surface area contributed by atoms with Gasteiger partial charge in [-0.05, 0) is 19.8 Å². The van der Waals surface area contributed by atoms with E-state index in [0.29, 0.717) is 5.69 Å². The van der Waals surface area contributed by atoms with Gasteiger partial charge in [-0.25, -0.2) is 17.8 Å². The number of sulfone groups is 1. The van der Waals surface area contributed by atoms with E-state index in [9.17, 15) is 22.4 Å². The van der Waals surface area contributed by atoms with Gasteiger partial charge in [-0.15, -0.1) is 0 Å². The van der Waals surface area contributed by atoms with Crippen LogP contribution in [0.15, 0.2) is 12.4 Å². The molecule has 1 fully saturated rings. The maximum atomic E-state index is 15.0. The van der Waals surface area contributed by atoms with Crippen LogP contribution in [0.1, 0.15) is 55.1 Å². The quantitative estimate of drug-likeness (QED) is 0.740. The zero-order chi connectivity index (χ0) is 20.5. The van der Waals surface area contributed by atoms with Crippen LogP contribution < -0.4 is 5.32 Å². The van der Waals surface area contributed by atoms with Crippen LogP contribution in [0.5, 0.6) is 0 Å². The summed E-state index contributed by atoms with van der Waals surface area (Å²) in [7, 11) is -3.18. The van der Waals surface area contributed by atoms with Gasteiger partial charge in [0.1, 0.15) is 9.84 Å². The molecule has 3 rings (SSSR count). The summed E-state index contributed by atoms with van der Waals surface area (Å²) < 4.78 is 39.1. The van der Waals surface area contributed by atoms with Gasteiger partial charge in [0, 0.05) is 31.0 Å². The van der Waals surface area contributed by atoms with Crippen LogP contribution in [0.2, 0.25) is 0 Å². The molecule has 0 aliphatic heterocycles. The highest BCUT2D eigenvalue weighted by Crippen LogP contribution is 2.28. The summed E-state index contributed by atoms with van der Waals surface area (Å²) in [4.78, 5) is 28.7. The minimum Gasteiger partial charge on any atom is -0.324 e. The van der Waals surface area contributed by atoms with Gasteiger partial charge in [-0.3, -0.25) is 9.59 Å². The molecule has 7 nitrogen and oxygen atoms in total. The highest BCUT2D eigenvalue weighted by Gasteiger charge is 2.25. The van der Waals surface area contributed by atoms with Crippen molar-refractivity contribution in [1.82, 2.24) is 9.38 Å². The number of rotatable bonds is 6. The van der Waals surface area contributed by atoms with Crippen molar-refractivity contribution >= 4 is 32.9 Å². The zero-order valence-corrected chi connectivity index (χ0v) is 16.8. The number of carbonyl (C=O) groups is 2. The Hall–Kier alpha value is -2.29. The molecule has 1 amide bonds. The number of amides is 1. The first-order valence-electron chi connectivity index (χ1n) is 9.35. The van der Waals surface area contributed by atoms with E-state index in [1.807, 2.05) is 0 Å². The Morgan fingerprint density at radius 3 is 2.54 bits per heavy atom. The average Bonchev–Trinajstić information content (AvgIpc) is 3.03. The van der Waals surface area contributed by atoms with Crippen LogP contribution in [0.3, 0.4) is 0 Å². The standard InChI is InChI=1S/C19H24FN3O4S/c1-12(24)16-15(22-19(25)13-6-4-3-5-7-13)11-23-10-14(8-9-28(2,26)27)21-18(23)17(16)20/h10-11,13H,3-9H2,1-2H3,(H,22,25). The Balaban J connectivity index is 1.95. The Morgan fingerprint density at radius 2 is 1.93 bits per heavy atom. The highest BCUT2D eigenvalue weighted by molar-refractivity contribution is 7.90. The lowest BCUT2D eigenvalue weighted by Gasteiger charge is -2.21. The minimum atomic E-state index is -3.18. The SMILES string of the molecule is CC(=O)c1c(NC(=O)C2CCCCC2)cn2cc(CCS(C)(=O)=O)nc2c1F. The second-order valence-electron chi connectivity index (χ2n) is 7.46. The van der Waals surface area contributed by atoms with Gasteiger partial charge in [-0.1, -0.05) is 19.3 Å². The molecule has 0 spiro atoms. The van der Waals surface area contributed by atoms with Crippen molar-refractivity contribution < 1.29 is 22.4 Å². The summed E-state index contributed by atoms with van der Waals surface area (Å²) in [6, 6.07) is 0. The largest absolute Gasteiger partial charge is 0.324 e. The van der Waals surface area contributed by atoms with Crippen molar-refractivity contribution in [3.8, 4) is 0 Å². The van der Waals surface area contributed by atoms with Crippen molar-refractivity contribution in [2.24, 2.45) is 5.92 Å². The third-order valence-corrected chi connectivity index (χ3v) is 6.00. The number of ketones is 1. The number of hydrogen-bond acceptors (Lipinski definition) is 5. The number of imidazole rings is 1. The summed E-state index contributed by atoms with van der Waals surface area (Å²) in [5.74, 6) is -1.79. The number of nitrogens with zero attached hydrogens (tertiary/aromatic N) is 2. The van der Waals surface area contributed by atoms with E-state index in [2.05, 4.69) is 10.3 Å². The van der Waals surface area contributed by atoms with Gasteiger partial charge in [0.15, 0.2) is 17.2 Å². The lowest BCUT2D eigenvalue weighted by molar-refractivity contribution is -0.120. The predicted molar refractivity (Wildman–Crippen MR) is 104 cm³/mol. The van der Waals surface area contributed by atoms with Gasteiger partial charge < -0.3 is 9.72 Å². The molecule has 0 aromatic carbocycles. The van der Waals surface area contributed by atoms with Crippen LogP contribution in [0, 0.1) is 11.7 Å². The molecule has 0 bridgehead atoms. The summed E-state index contributed by atoms with van der Waals surface area (Å²) in [6.45, 7) is 1.23. The zero-order valence-electron chi connectivity index (χ0n) is 16.0. The van der Waals surface area contributed by atoms with Gasteiger partial charge in [0.25, 0.3) is 0 Å². The van der Waals surface area contributed by atoms with E-state index in [0.717, 1.165) is 38.4 Å². The van der Waals surface area contributed by atoms with Crippen LogP contribution in [-0.4, -0.2) is 41.5 Å². The molecule has 9 heteroatoms. The van der Waals surface area contributed by atoms with Crippen LogP contribution in [0.25, 0.3) is 5.65 Å². The Morgan fingerprint density at radius 1 is 1.25 bits per heavy atom.